The number of nitrogens with one attached hydrogen (secondary N) is 1. The Hall–Kier alpha value is -1.93. The zero-order valence-corrected chi connectivity index (χ0v) is 11.3. The highest BCUT2D eigenvalue weighted by Gasteiger charge is 2.23. The van der Waals surface area contributed by atoms with Crippen molar-refractivity contribution in [2.75, 3.05) is 10.5 Å². The summed E-state index contributed by atoms with van der Waals surface area (Å²) in [6.45, 7) is 0. The van der Waals surface area contributed by atoms with Gasteiger partial charge in [-0.3, -0.25) is 4.72 Å². The van der Waals surface area contributed by atoms with Gasteiger partial charge in [0.25, 0.3) is 10.0 Å². The normalized spacial score (nSPS) is 11.3. The predicted molar refractivity (Wildman–Crippen MR) is 70.8 cm³/mol. The van der Waals surface area contributed by atoms with Gasteiger partial charge in [-0.15, -0.1) is 0 Å². The second kappa shape index (κ2) is 5.22. The predicted octanol–water partition coefficient (Wildman–Crippen LogP) is 2.40. The molecule has 1 heterocycles. The van der Waals surface area contributed by atoms with Crippen LogP contribution in [0.25, 0.3) is 0 Å². The molecule has 9 heteroatoms. The molecule has 0 aliphatic carbocycles. The van der Waals surface area contributed by atoms with Crippen LogP contribution in [0.2, 0.25) is 5.15 Å². The number of hydrogen-bond donors (Lipinski definition) is 2. The standard InChI is InChI=1S/C11H8ClF2N3O2S/c12-10-5-7(1-2-16-10)17-20(18,19)9-4-6(15)3-8(13)11(9)14/h1-5H,15H2,(H,16,17). The molecule has 0 fully saturated rings. The third-order valence-corrected chi connectivity index (χ3v) is 3.87. The molecule has 0 amide bonds. The molecule has 0 spiro atoms. The van der Waals surface area contributed by atoms with Gasteiger partial charge in [0.05, 0.1) is 5.69 Å². The van der Waals surface area contributed by atoms with Gasteiger partial charge in [0.1, 0.15) is 10.0 Å². The number of pyridine rings is 1. The average Bonchev–Trinajstić information content (AvgIpc) is 2.33. The highest BCUT2D eigenvalue weighted by Crippen LogP contribution is 2.24. The third kappa shape index (κ3) is 2.97. The number of nitrogen functional groups attached to an aromatic ring is 1. The fourth-order valence-electron chi connectivity index (χ4n) is 1.46. The summed E-state index contributed by atoms with van der Waals surface area (Å²) in [5.41, 5.74) is 5.16. The van der Waals surface area contributed by atoms with Gasteiger partial charge in [-0.2, -0.15) is 0 Å². The molecule has 0 unspecified atom stereocenters. The first-order chi connectivity index (χ1) is 9.29. The van der Waals surface area contributed by atoms with Crippen LogP contribution in [0, 0.1) is 11.6 Å². The van der Waals surface area contributed by atoms with E-state index in [0.29, 0.717) is 6.07 Å². The van der Waals surface area contributed by atoms with Crippen LogP contribution < -0.4 is 10.5 Å². The Labute approximate surface area is 118 Å². The van der Waals surface area contributed by atoms with Gasteiger partial charge in [0.2, 0.25) is 0 Å². The van der Waals surface area contributed by atoms with Crippen LogP contribution in [-0.2, 0) is 10.0 Å². The molecule has 0 saturated carbocycles. The molecule has 5 nitrogen and oxygen atoms in total. The molecule has 20 heavy (non-hydrogen) atoms. The highest BCUT2D eigenvalue weighted by atomic mass is 35.5. The molecule has 3 N–H and O–H groups in total. The summed E-state index contributed by atoms with van der Waals surface area (Å²) in [7, 11) is -4.34. The first kappa shape index (κ1) is 14.5. The van der Waals surface area contributed by atoms with Gasteiger partial charge in [-0.25, -0.2) is 22.2 Å². The average molecular weight is 320 g/mol. The molecule has 0 radical (unpaired) electrons. The minimum Gasteiger partial charge on any atom is -0.399 e. The molecule has 0 aliphatic heterocycles. The maximum Gasteiger partial charge on any atom is 0.265 e. The quantitative estimate of drug-likeness (QED) is 0.672. The number of anilines is 2. The minimum absolute atomic E-state index is 0.0458. The summed E-state index contributed by atoms with van der Waals surface area (Å²) in [6, 6.07) is 4.05. The van der Waals surface area contributed by atoms with E-state index < -0.39 is 26.6 Å². The number of sulfonamides is 1. The smallest absolute Gasteiger partial charge is 0.265 e. The fourth-order valence-corrected chi connectivity index (χ4v) is 2.80. The molecule has 0 bridgehead atoms. The number of rotatable bonds is 3. The highest BCUT2D eigenvalue weighted by molar-refractivity contribution is 7.92. The van der Waals surface area contributed by atoms with Gasteiger partial charge in [-0.1, -0.05) is 11.6 Å². The molecule has 1 aromatic heterocycles. The molecule has 2 aromatic rings. The third-order valence-electron chi connectivity index (χ3n) is 2.29. The van der Waals surface area contributed by atoms with E-state index in [0.717, 1.165) is 6.07 Å². The number of benzene rings is 1. The Balaban J connectivity index is 2.46. The first-order valence-electron chi connectivity index (χ1n) is 5.18. The Kier molecular flexibility index (Phi) is 3.78. The molecule has 0 atom stereocenters. The van der Waals surface area contributed by atoms with Gasteiger partial charge < -0.3 is 5.73 Å². The Morgan fingerprint density at radius 2 is 1.95 bits per heavy atom. The largest absolute Gasteiger partial charge is 0.399 e. The Morgan fingerprint density at radius 1 is 1.25 bits per heavy atom. The maximum atomic E-state index is 13.6. The summed E-state index contributed by atoms with van der Waals surface area (Å²) in [5, 5.41) is 0.0458. The number of halogens is 3. The molecule has 0 saturated heterocycles. The lowest BCUT2D eigenvalue weighted by atomic mass is 10.3. The summed E-state index contributed by atoms with van der Waals surface area (Å²) in [4.78, 5) is 2.78. The van der Waals surface area contributed by atoms with Crippen molar-refractivity contribution >= 4 is 33.0 Å². The van der Waals surface area contributed by atoms with Crippen LogP contribution in [0.5, 0.6) is 0 Å². The Bertz CT molecular complexity index is 768. The van der Waals surface area contributed by atoms with Crippen molar-refractivity contribution in [1.29, 1.82) is 0 Å². The zero-order valence-electron chi connectivity index (χ0n) is 9.77. The molecule has 1 aromatic carbocycles. The van der Waals surface area contributed by atoms with E-state index in [1.165, 1.54) is 18.3 Å². The molecular weight excluding hydrogens is 312 g/mol. The van der Waals surface area contributed by atoms with Crippen LogP contribution in [0.4, 0.5) is 20.2 Å². The van der Waals surface area contributed by atoms with E-state index in [1.54, 1.807) is 0 Å². The second-order valence-corrected chi connectivity index (χ2v) is 5.83. The van der Waals surface area contributed by atoms with Crippen molar-refractivity contribution in [3.8, 4) is 0 Å². The SMILES string of the molecule is Nc1cc(F)c(F)c(S(=O)(=O)Nc2ccnc(Cl)c2)c1. The van der Waals surface area contributed by atoms with Crippen molar-refractivity contribution in [2.45, 2.75) is 4.90 Å². The van der Waals surface area contributed by atoms with Gasteiger partial charge in [0.15, 0.2) is 11.6 Å². The van der Waals surface area contributed by atoms with E-state index in [-0.39, 0.29) is 16.5 Å². The lowest BCUT2D eigenvalue weighted by Gasteiger charge is -2.10. The van der Waals surface area contributed by atoms with Crippen LogP contribution in [0.15, 0.2) is 35.4 Å². The van der Waals surface area contributed by atoms with Crippen molar-refractivity contribution in [1.82, 2.24) is 4.98 Å². The molecule has 2 rings (SSSR count). The summed E-state index contributed by atoms with van der Waals surface area (Å²) >= 11 is 5.60. The lowest BCUT2D eigenvalue weighted by Crippen LogP contribution is -2.16. The van der Waals surface area contributed by atoms with Crippen LogP contribution in [-0.4, -0.2) is 13.4 Å². The van der Waals surface area contributed by atoms with Gasteiger partial charge >= 0.3 is 0 Å². The summed E-state index contributed by atoms with van der Waals surface area (Å²) < 4.78 is 52.8. The summed E-state index contributed by atoms with van der Waals surface area (Å²) in [6.07, 6.45) is 1.26. The second-order valence-electron chi connectivity index (χ2n) is 3.79. The van der Waals surface area contributed by atoms with E-state index in [4.69, 9.17) is 17.3 Å². The Morgan fingerprint density at radius 3 is 2.60 bits per heavy atom. The van der Waals surface area contributed by atoms with Crippen molar-refractivity contribution < 1.29 is 17.2 Å². The van der Waals surface area contributed by atoms with E-state index in [9.17, 15) is 17.2 Å². The number of nitrogens with two attached hydrogens (primary N) is 1. The van der Waals surface area contributed by atoms with Crippen LogP contribution in [0.1, 0.15) is 0 Å². The topological polar surface area (TPSA) is 85.1 Å². The zero-order chi connectivity index (χ0) is 14.9. The van der Waals surface area contributed by atoms with Crippen molar-refractivity contribution in [3.63, 3.8) is 0 Å². The number of hydrogen-bond acceptors (Lipinski definition) is 4. The van der Waals surface area contributed by atoms with Crippen molar-refractivity contribution in [3.05, 3.63) is 47.2 Å². The van der Waals surface area contributed by atoms with Crippen LogP contribution >= 0.6 is 11.6 Å². The van der Waals surface area contributed by atoms with Crippen molar-refractivity contribution in [2.24, 2.45) is 0 Å². The minimum atomic E-state index is -4.34. The van der Waals surface area contributed by atoms with E-state index in [2.05, 4.69) is 9.71 Å². The maximum absolute atomic E-state index is 13.6. The fraction of sp³-hybridized carbons (Fsp3) is 0. The molecule has 0 aliphatic rings. The summed E-state index contributed by atoms with van der Waals surface area (Å²) in [5.74, 6) is -2.86. The van der Waals surface area contributed by atoms with E-state index in [1.807, 2.05) is 0 Å². The molecule has 106 valence electrons. The van der Waals surface area contributed by atoms with Crippen LogP contribution in [0.3, 0.4) is 0 Å². The number of nitrogens with zero attached hydrogens (tertiary/aromatic N) is 1. The number of aromatic nitrogens is 1. The van der Waals surface area contributed by atoms with E-state index >= 15 is 0 Å². The first-order valence-corrected chi connectivity index (χ1v) is 7.04. The van der Waals surface area contributed by atoms with Gasteiger partial charge in [0, 0.05) is 11.9 Å². The van der Waals surface area contributed by atoms with Gasteiger partial charge in [-0.05, 0) is 24.3 Å². The lowest BCUT2D eigenvalue weighted by molar-refractivity contribution is 0.486. The monoisotopic (exact) mass is 319 g/mol. The molecular formula is C11H8ClF2N3O2S.